The molecular weight excluding hydrogens is 176 g/mol. The van der Waals surface area contributed by atoms with E-state index in [0.29, 0.717) is 0 Å². The highest BCUT2D eigenvalue weighted by atomic mass is 16.5. The third-order valence-electron chi connectivity index (χ3n) is 2.80. The summed E-state index contributed by atoms with van der Waals surface area (Å²) in [7, 11) is 1.76. The van der Waals surface area contributed by atoms with E-state index in [1.807, 2.05) is 0 Å². The highest BCUT2D eigenvalue weighted by Crippen LogP contribution is 2.10. The molecule has 0 aromatic rings. The van der Waals surface area contributed by atoms with Crippen LogP contribution in [0, 0.1) is 0 Å². The second kappa shape index (κ2) is 6.17. The maximum Gasteiger partial charge on any atom is 0.0589 e. The molecule has 1 N–H and O–H groups in total. The largest absolute Gasteiger partial charge is 0.383 e. The Kier molecular flexibility index (Phi) is 5.15. The van der Waals surface area contributed by atoms with E-state index in [1.54, 1.807) is 12.7 Å². The Morgan fingerprint density at radius 2 is 2.21 bits per heavy atom. The first-order valence-corrected chi connectivity index (χ1v) is 5.37. The second-order valence-corrected chi connectivity index (χ2v) is 3.85. The minimum absolute atomic E-state index is 0.828. The van der Waals surface area contributed by atoms with Gasteiger partial charge in [0.1, 0.15) is 0 Å². The normalized spacial score (nSPS) is 15.9. The quantitative estimate of drug-likeness (QED) is 0.641. The molecule has 82 valence electrons. The van der Waals surface area contributed by atoms with E-state index in [4.69, 9.17) is 4.74 Å². The summed E-state index contributed by atoms with van der Waals surface area (Å²) in [6.07, 6.45) is 0. The van der Waals surface area contributed by atoms with Crippen LogP contribution in [0.15, 0.2) is 11.1 Å². The Morgan fingerprint density at radius 3 is 2.64 bits per heavy atom. The lowest BCUT2D eigenvalue weighted by molar-refractivity contribution is 0.155. The molecule has 0 atom stereocenters. The first-order chi connectivity index (χ1) is 6.77. The van der Waals surface area contributed by atoms with Crippen molar-refractivity contribution in [3.05, 3.63) is 11.1 Å². The van der Waals surface area contributed by atoms with Crippen LogP contribution in [0.1, 0.15) is 13.8 Å². The van der Waals surface area contributed by atoms with Gasteiger partial charge in [-0.25, -0.2) is 0 Å². The van der Waals surface area contributed by atoms with Crippen molar-refractivity contribution in [3.63, 3.8) is 0 Å². The highest BCUT2D eigenvalue weighted by Gasteiger charge is 2.12. The molecule has 0 unspecified atom stereocenters. The van der Waals surface area contributed by atoms with Crippen LogP contribution in [0.5, 0.6) is 0 Å². The van der Waals surface area contributed by atoms with Crippen LogP contribution in [0.4, 0.5) is 0 Å². The van der Waals surface area contributed by atoms with Gasteiger partial charge in [0, 0.05) is 33.3 Å². The smallest absolute Gasteiger partial charge is 0.0589 e. The van der Waals surface area contributed by atoms with Gasteiger partial charge in [-0.05, 0) is 19.0 Å². The van der Waals surface area contributed by atoms with Gasteiger partial charge in [0.2, 0.25) is 0 Å². The standard InChI is InChI=1S/C11H22N2O/c1-4-13(5-6-14-3)9-10(2)11-7-12-8-11/h12H,4-9H2,1-3H3. The molecule has 1 heterocycles. The monoisotopic (exact) mass is 198 g/mol. The molecule has 1 rings (SSSR count). The highest BCUT2D eigenvalue weighted by molar-refractivity contribution is 5.22. The first kappa shape index (κ1) is 11.7. The fraction of sp³-hybridized carbons (Fsp3) is 0.818. The van der Waals surface area contributed by atoms with E-state index in [-0.39, 0.29) is 0 Å². The minimum atomic E-state index is 0.828. The average molecular weight is 198 g/mol. The minimum Gasteiger partial charge on any atom is -0.383 e. The summed E-state index contributed by atoms with van der Waals surface area (Å²) >= 11 is 0. The first-order valence-electron chi connectivity index (χ1n) is 5.37. The molecule has 1 saturated heterocycles. The van der Waals surface area contributed by atoms with Crippen molar-refractivity contribution in [1.82, 2.24) is 10.2 Å². The molecule has 0 aliphatic carbocycles. The van der Waals surface area contributed by atoms with E-state index in [2.05, 4.69) is 24.1 Å². The molecule has 0 aromatic carbocycles. The molecule has 0 radical (unpaired) electrons. The number of likely N-dealkylation sites (N-methyl/N-ethyl adjacent to an activating group) is 1. The molecule has 0 bridgehead atoms. The van der Waals surface area contributed by atoms with E-state index < -0.39 is 0 Å². The lowest BCUT2D eigenvalue weighted by atomic mass is 10.0. The second-order valence-electron chi connectivity index (χ2n) is 3.85. The van der Waals surface area contributed by atoms with Crippen molar-refractivity contribution in [2.24, 2.45) is 0 Å². The van der Waals surface area contributed by atoms with Crippen LogP contribution in [0.25, 0.3) is 0 Å². The van der Waals surface area contributed by atoms with Gasteiger partial charge in [0.05, 0.1) is 6.61 Å². The molecular formula is C11H22N2O. The van der Waals surface area contributed by atoms with Crippen molar-refractivity contribution in [3.8, 4) is 0 Å². The molecule has 3 nitrogen and oxygen atoms in total. The third-order valence-corrected chi connectivity index (χ3v) is 2.80. The van der Waals surface area contributed by atoms with Crippen molar-refractivity contribution >= 4 is 0 Å². The molecule has 0 saturated carbocycles. The molecule has 0 aromatic heterocycles. The summed E-state index contributed by atoms with van der Waals surface area (Å²) in [5.74, 6) is 0. The van der Waals surface area contributed by atoms with Crippen molar-refractivity contribution in [2.75, 3.05) is 46.4 Å². The van der Waals surface area contributed by atoms with E-state index in [1.165, 1.54) is 5.57 Å². The maximum atomic E-state index is 5.09. The van der Waals surface area contributed by atoms with E-state index in [0.717, 1.165) is 39.3 Å². The SMILES string of the molecule is CCN(CCOC)CC(C)=C1CNC1. The summed E-state index contributed by atoms with van der Waals surface area (Å²) in [6, 6.07) is 0. The van der Waals surface area contributed by atoms with Gasteiger partial charge in [-0.3, -0.25) is 4.90 Å². The summed E-state index contributed by atoms with van der Waals surface area (Å²) in [4.78, 5) is 2.42. The van der Waals surface area contributed by atoms with Gasteiger partial charge in [0.25, 0.3) is 0 Å². The van der Waals surface area contributed by atoms with Gasteiger partial charge >= 0.3 is 0 Å². The number of hydrogen-bond donors (Lipinski definition) is 1. The van der Waals surface area contributed by atoms with Crippen molar-refractivity contribution < 1.29 is 4.74 Å². The fourth-order valence-electron chi connectivity index (χ4n) is 1.57. The van der Waals surface area contributed by atoms with Crippen LogP contribution in [0.3, 0.4) is 0 Å². The summed E-state index contributed by atoms with van der Waals surface area (Å²) in [5.41, 5.74) is 3.11. The number of rotatable bonds is 6. The number of hydrogen-bond acceptors (Lipinski definition) is 3. The van der Waals surface area contributed by atoms with Gasteiger partial charge in [-0.15, -0.1) is 0 Å². The maximum absolute atomic E-state index is 5.09. The molecule has 14 heavy (non-hydrogen) atoms. The number of methoxy groups -OCH3 is 1. The van der Waals surface area contributed by atoms with Gasteiger partial charge < -0.3 is 10.1 Å². The zero-order valence-corrected chi connectivity index (χ0v) is 9.60. The lowest BCUT2D eigenvalue weighted by Gasteiger charge is -2.26. The number of ether oxygens (including phenoxy) is 1. The average Bonchev–Trinajstić information content (AvgIpc) is 2.09. The van der Waals surface area contributed by atoms with E-state index >= 15 is 0 Å². The predicted octanol–water partition coefficient (Wildman–Crippen LogP) is 0.874. The molecule has 3 heteroatoms. The lowest BCUT2D eigenvalue weighted by Crippen LogP contribution is -2.37. The molecule has 0 spiro atoms. The van der Waals surface area contributed by atoms with Crippen LogP contribution in [-0.4, -0.2) is 51.3 Å². The Morgan fingerprint density at radius 1 is 1.50 bits per heavy atom. The van der Waals surface area contributed by atoms with Gasteiger partial charge in [-0.2, -0.15) is 0 Å². The topological polar surface area (TPSA) is 24.5 Å². The fourth-order valence-corrected chi connectivity index (χ4v) is 1.57. The molecule has 1 aliphatic heterocycles. The van der Waals surface area contributed by atoms with Crippen LogP contribution in [0.2, 0.25) is 0 Å². The van der Waals surface area contributed by atoms with E-state index in [9.17, 15) is 0 Å². The van der Waals surface area contributed by atoms with Crippen molar-refractivity contribution in [1.29, 1.82) is 0 Å². The van der Waals surface area contributed by atoms with Gasteiger partial charge in [0.15, 0.2) is 0 Å². The number of nitrogens with zero attached hydrogens (tertiary/aromatic N) is 1. The third kappa shape index (κ3) is 3.40. The van der Waals surface area contributed by atoms with Crippen LogP contribution < -0.4 is 5.32 Å². The molecule has 1 fully saturated rings. The van der Waals surface area contributed by atoms with Gasteiger partial charge in [-0.1, -0.05) is 12.5 Å². The summed E-state index contributed by atoms with van der Waals surface area (Å²) in [6.45, 7) is 10.7. The Labute approximate surface area is 87.1 Å². The van der Waals surface area contributed by atoms with Crippen LogP contribution in [-0.2, 0) is 4.74 Å². The molecule has 1 aliphatic rings. The van der Waals surface area contributed by atoms with Crippen LogP contribution >= 0.6 is 0 Å². The zero-order chi connectivity index (χ0) is 10.4. The Bertz CT molecular complexity index is 195. The Balaban J connectivity index is 2.31. The Hall–Kier alpha value is -0.380. The zero-order valence-electron chi connectivity index (χ0n) is 9.60. The number of nitrogens with one attached hydrogen (secondary N) is 1. The summed E-state index contributed by atoms with van der Waals surface area (Å²) < 4.78 is 5.09. The predicted molar refractivity (Wildman–Crippen MR) is 59.6 cm³/mol. The summed E-state index contributed by atoms with van der Waals surface area (Å²) in [5, 5.41) is 3.28. The molecule has 0 amide bonds. The van der Waals surface area contributed by atoms with Crippen molar-refractivity contribution in [2.45, 2.75) is 13.8 Å².